The van der Waals surface area contributed by atoms with Gasteiger partial charge in [0.15, 0.2) is 0 Å². The molecule has 4 rings (SSSR count). The van der Waals surface area contributed by atoms with Gasteiger partial charge in [0.05, 0.1) is 19.8 Å². The average Bonchev–Trinajstić information content (AvgIpc) is 2.77. The van der Waals surface area contributed by atoms with Crippen LogP contribution in [0.3, 0.4) is 0 Å². The van der Waals surface area contributed by atoms with Gasteiger partial charge >= 0.3 is 6.09 Å². The van der Waals surface area contributed by atoms with Crippen LogP contribution in [0.4, 0.5) is 10.5 Å². The lowest BCUT2D eigenvalue weighted by Crippen LogP contribution is -2.54. The number of para-hydroxylation sites is 1. The van der Waals surface area contributed by atoms with Crippen molar-refractivity contribution in [2.75, 3.05) is 25.6 Å². The van der Waals surface area contributed by atoms with Gasteiger partial charge in [-0.2, -0.15) is 0 Å². The summed E-state index contributed by atoms with van der Waals surface area (Å²) in [5.41, 5.74) is 2.96. The molecule has 0 aromatic heterocycles. The number of fused-ring (bicyclic) bond motifs is 2. The van der Waals surface area contributed by atoms with E-state index < -0.39 is 6.09 Å². The molecule has 1 saturated heterocycles. The lowest BCUT2D eigenvalue weighted by molar-refractivity contribution is -0.165. The Bertz CT molecular complexity index is 940. The summed E-state index contributed by atoms with van der Waals surface area (Å²) in [4.78, 5) is 12.4. The van der Waals surface area contributed by atoms with Crippen molar-refractivity contribution in [2.45, 2.75) is 26.9 Å². The van der Waals surface area contributed by atoms with Crippen molar-refractivity contribution < 1.29 is 19.0 Å². The lowest BCUT2D eigenvalue weighted by atomic mass is 9.56. The zero-order chi connectivity index (χ0) is 22.0. The summed E-state index contributed by atoms with van der Waals surface area (Å²) in [5.74, 6) is 1.63. The number of anilines is 1. The maximum Gasteiger partial charge on any atom is 0.411 e. The van der Waals surface area contributed by atoms with E-state index in [1.54, 1.807) is 7.11 Å². The smallest absolute Gasteiger partial charge is 0.411 e. The second kappa shape index (κ2) is 8.75. The number of rotatable bonds is 5. The summed E-state index contributed by atoms with van der Waals surface area (Å²) in [6.45, 7) is 7.53. The molecule has 1 aliphatic carbocycles. The van der Waals surface area contributed by atoms with Gasteiger partial charge < -0.3 is 14.2 Å². The van der Waals surface area contributed by atoms with E-state index in [2.05, 4.69) is 44.3 Å². The second-order valence-corrected chi connectivity index (χ2v) is 8.82. The Kier molecular flexibility index (Phi) is 6.05. The van der Waals surface area contributed by atoms with Crippen LogP contribution in [0.2, 0.25) is 0 Å². The molecule has 5 heteroatoms. The number of carbonyl (C=O) groups is 1. The van der Waals surface area contributed by atoms with E-state index in [1.807, 2.05) is 42.5 Å². The Morgan fingerprint density at radius 1 is 1.13 bits per heavy atom. The number of carbonyl (C=O) groups excluding carboxylic acids is 1. The van der Waals surface area contributed by atoms with Crippen LogP contribution in [0.1, 0.15) is 32.4 Å². The summed E-state index contributed by atoms with van der Waals surface area (Å²) in [5, 5.41) is 2.81. The Morgan fingerprint density at radius 3 is 2.52 bits per heavy atom. The predicted octanol–water partition coefficient (Wildman–Crippen LogP) is 5.85. The highest BCUT2D eigenvalue weighted by Crippen LogP contribution is 2.56. The van der Waals surface area contributed by atoms with Crippen LogP contribution in [0.15, 0.2) is 66.2 Å². The highest BCUT2D eigenvalue weighted by atomic mass is 16.6. The van der Waals surface area contributed by atoms with Crippen molar-refractivity contribution in [3.8, 4) is 5.75 Å². The number of amides is 1. The average molecular weight is 422 g/mol. The largest absolute Gasteiger partial charge is 0.497 e. The first kappa shape index (κ1) is 21.4. The number of methoxy groups -OCH3 is 1. The van der Waals surface area contributed by atoms with Crippen LogP contribution >= 0.6 is 0 Å². The highest BCUT2D eigenvalue weighted by molar-refractivity contribution is 5.84. The quantitative estimate of drug-likeness (QED) is 0.615. The molecule has 2 aliphatic rings. The van der Waals surface area contributed by atoms with Crippen molar-refractivity contribution in [3.05, 3.63) is 71.8 Å². The molecule has 1 heterocycles. The van der Waals surface area contributed by atoms with E-state index in [9.17, 15) is 4.79 Å². The van der Waals surface area contributed by atoms with Gasteiger partial charge in [-0.1, -0.05) is 55.8 Å². The number of ether oxygens (including phenoxy) is 3. The van der Waals surface area contributed by atoms with Gasteiger partial charge in [-0.15, -0.1) is 0 Å². The zero-order valence-corrected chi connectivity index (χ0v) is 18.6. The molecule has 1 fully saturated rings. The lowest BCUT2D eigenvalue weighted by Gasteiger charge is -2.55. The fourth-order valence-electron chi connectivity index (χ4n) is 5.23. The van der Waals surface area contributed by atoms with Crippen molar-refractivity contribution in [3.63, 3.8) is 0 Å². The molecule has 164 valence electrons. The topological polar surface area (TPSA) is 56.8 Å². The molecule has 2 aromatic rings. The van der Waals surface area contributed by atoms with Crippen molar-refractivity contribution >= 4 is 11.8 Å². The molecule has 2 bridgehead atoms. The van der Waals surface area contributed by atoms with E-state index in [0.717, 1.165) is 17.0 Å². The molecule has 31 heavy (non-hydrogen) atoms. The summed E-state index contributed by atoms with van der Waals surface area (Å²) >= 11 is 0. The molecule has 5 nitrogen and oxygen atoms in total. The van der Waals surface area contributed by atoms with Crippen LogP contribution in [-0.4, -0.2) is 26.4 Å². The number of nitrogens with one attached hydrogen (secondary N) is 1. The highest BCUT2D eigenvalue weighted by Gasteiger charge is 2.54. The SMILES string of the molecule is COc1ccc([C@H]2OC[C@]3(COC(=O)Nc4ccccc4)[C@H](C)[C@H]2C(C)=C[C@@H]3C)cc1. The minimum Gasteiger partial charge on any atom is -0.497 e. The predicted molar refractivity (Wildman–Crippen MR) is 121 cm³/mol. The number of hydrogen-bond donors (Lipinski definition) is 1. The fraction of sp³-hybridized carbons (Fsp3) is 0.423. The second-order valence-electron chi connectivity index (χ2n) is 8.82. The summed E-state index contributed by atoms with van der Waals surface area (Å²) in [6.07, 6.45) is 1.89. The molecular weight excluding hydrogens is 390 g/mol. The van der Waals surface area contributed by atoms with Crippen LogP contribution in [0.25, 0.3) is 0 Å². The third-order valence-corrected chi connectivity index (χ3v) is 7.19. The normalized spacial score (nSPS) is 29.6. The van der Waals surface area contributed by atoms with Gasteiger partial charge in [-0.25, -0.2) is 4.79 Å². The molecule has 1 aliphatic heterocycles. The first-order valence-electron chi connectivity index (χ1n) is 10.9. The Morgan fingerprint density at radius 2 is 1.84 bits per heavy atom. The molecule has 1 amide bonds. The van der Waals surface area contributed by atoms with Crippen molar-refractivity contribution in [2.24, 2.45) is 23.2 Å². The van der Waals surface area contributed by atoms with Crippen LogP contribution in [0.5, 0.6) is 5.75 Å². The summed E-state index contributed by atoms with van der Waals surface area (Å²) in [7, 11) is 1.67. The molecular formula is C26H31NO4. The third kappa shape index (κ3) is 4.07. The minimum absolute atomic E-state index is 0.0177. The minimum atomic E-state index is -0.430. The molecule has 1 N–H and O–H groups in total. The molecule has 0 unspecified atom stereocenters. The molecule has 2 aromatic carbocycles. The first-order valence-corrected chi connectivity index (χ1v) is 10.9. The van der Waals surface area contributed by atoms with Crippen LogP contribution in [0, 0.1) is 23.2 Å². The van der Waals surface area contributed by atoms with Gasteiger partial charge in [-0.3, -0.25) is 5.32 Å². The maximum atomic E-state index is 12.4. The molecule has 5 atom stereocenters. The van der Waals surface area contributed by atoms with E-state index in [4.69, 9.17) is 14.2 Å². The summed E-state index contributed by atoms with van der Waals surface area (Å²) < 4.78 is 17.5. The Balaban J connectivity index is 1.51. The first-order chi connectivity index (χ1) is 14.9. The number of benzene rings is 2. The number of hydrogen-bond acceptors (Lipinski definition) is 4. The van der Waals surface area contributed by atoms with Gasteiger partial charge in [-0.05, 0) is 48.6 Å². The van der Waals surface area contributed by atoms with Crippen LogP contribution < -0.4 is 10.1 Å². The maximum absolute atomic E-state index is 12.4. The Hall–Kier alpha value is -2.79. The van der Waals surface area contributed by atoms with Gasteiger partial charge in [0, 0.05) is 17.0 Å². The van der Waals surface area contributed by atoms with Gasteiger partial charge in [0.25, 0.3) is 0 Å². The molecule has 0 spiro atoms. The van der Waals surface area contributed by atoms with E-state index in [1.165, 1.54) is 5.57 Å². The monoisotopic (exact) mass is 421 g/mol. The van der Waals surface area contributed by atoms with E-state index in [0.29, 0.717) is 19.1 Å². The van der Waals surface area contributed by atoms with Crippen LogP contribution in [-0.2, 0) is 9.47 Å². The van der Waals surface area contributed by atoms with E-state index >= 15 is 0 Å². The zero-order valence-electron chi connectivity index (χ0n) is 18.6. The summed E-state index contributed by atoms with van der Waals surface area (Å²) in [6, 6.07) is 17.5. The molecule has 0 saturated carbocycles. The van der Waals surface area contributed by atoms with Crippen molar-refractivity contribution in [1.82, 2.24) is 0 Å². The standard InChI is InChI=1S/C26H31NO4/c1-17-14-18(2)26(16-31-25(28)27-21-8-6-5-7-9-21)15-30-24(23(17)19(26)3)20-10-12-22(29-4)13-11-20/h5-14,18-19,23-24H,15-16H2,1-4H3,(H,27,28)/t18-,19+,23+,24+,26+/m0/s1. The van der Waals surface area contributed by atoms with Crippen molar-refractivity contribution in [1.29, 1.82) is 0 Å². The number of allylic oxidation sites excluding steroid dienone is 1. The third-order valence-electron chi connectivity index (χ3n) is 7.19. The van der Waals surface area contributed by atoms with Gasteiger partial charge in [0.1, 0.15) is 12.4 Å². The van der Waals surface area contributed by atoms with E-state index in [-0.39, 0.29) is 23.4 Å². The van der Waals surface area contributed by atoms with Gasteiger partial charge in [0.2, 0.25) is 0 Å². The Labute approximate surface area is 184 Å². The molecule has 0 radical (unpaired) electrons. The fourth-order valence-corrected chi connectivity index (χ4v) is 5.23.